The standard InChI is InChI=1S/Al.ClH.Fe.H3Si.H/h;1H;;1H3;/q+1;;;;/p-1. The van der Waals surface area contributed by atoms with Gasteiger partial charge in [-0.25, -0.2) is 0 Å². The second kappa shape index (κ2) is 23.8. The zero-order chi connectivity index (χ0) is 2.00. The molecule has 0 bridgehead atoms. The Morgan fingerprint density at radius 1 is 1.25 bits per heavy atom. The zero-order valence-electron chi connectivity index (χ0n) is 2.44. The Morgan fingerprint density at radius 2 is 1.25 bits per heavy atom. The maximum Gasteiger partial charge on any atom is 0.329 e. The van der Waals surface area contributed by atoms with Crippen LogP contribution >= 0.6 is 10.0 Å². The van der Waals surface area contributed by atoms with Gasteiger partial charge in [-0.3, -0.25) is 10.0 Å². The van der Waals surface area contributed by atoms with Gasteiger partial charge in [0.25, 0.3) is 0 Å². The number of hydrogen-bond acceptors (Lipinski definition) is 0. The maximum atomic E-state index is 4.67. The Balaban J connectivity index is -0.00000000500. The van der Waals surface area contributed by atoms with Gasteiger partial charge in [-0.15, -0.1) is 0 Å². The van der Waals surface area contributed by atoms with Crippen molar-refractivity contribution in [1.29, 1.82) is 0 Å². The van der Waals surface area contributed by atoms with Gasteiger partial charge in [-0.1, -0.05) is 0 Å². The maximum absolute atomic E-state index is 4.67. The van der Waals surface area contributed by atoms with Crippen LogP contribution in [-0.2, 0) is 17.1 Å². The first kappa shape index (κ1) is 17.6. The Kier molecular flexibility index (Phi) is 105. The Labute approximate surface area is 53.4 Å². The molecular formula is H4AlClFeSi. The quantitative estimate of drug-likeness (QED) is 0.383. The van der Waals surface area contributed by atoms with E-state index in [1.165, 1.54) is 15.4 Å². The molecule has 4 heavy (non-hydrogen) atoms. The minimum Gasteiger partial charge on any atom is -0.283 e. The van der Waals surface area contributed by atoms with Crippen LogP contribution in [0.15, 0.2) is 0 Å². The molecule has 0 spiro atoms. The average Bonchev–Trinajstić information content (AvgIpc) is 1.00. The van der Waals surface area contributed by atoms with Gasteiger partial charge in [0.15, 0.2) is 0 Å². The molecule has 0 heterocycles. The van der Waals surface area contributed by atoms with E-state index in [2.05, 4.69) is 10.0 Å². The minimum atomic E-state index is 0. The summed E-state index contributed by atoms with van der Waals surface area (Å²) in [5, 5.41) is 0. The van der Waals surface area contributed by atoms with Crippen molar-refractivity contribution in [2.24, 2.45) is 0 Å². The topological polar surface area (TPSA) is 0 Å². The molecule has 0 aliphatic heterocycles. The van der Waals surface area contributed by atoms with Crippen LogP contribution < -0.4 is 0 Å². The zero-order valence-corrected chi connectivity index (χ0v) is 7.71. The van der Waals surface area contributed by atoms with Crippen LogP contribution in [0.3, 0.4) is 0 Å². The summed E-state index contributed by atoms with van der Waals surface area (Å²) >= 11 is 1.33. The van der Waals surface area contributed by atoms with E-state index in [-0.39, 0.29) is 28.0 Å². The van der Waals surface area contributed by atoms with E-state index in [9.17, 15) is 0 Å². The van der Waals surface area contributed by atoms with Crippen molar-refractivity contribution in [2.45, 2.75) is 0 Å². The second-order valence-electron chi connectivity index (χ2n) is 0. The Morgan fingerprint density at radius 3 is 1.25 bits per heavy atom. The van der Waals surface area contributed by atoms with Gasteiger partial charge in [-0.05, 0) is 11.0 Å². The van der Waals surface area contributed by atoms with Gasteiger partial charge in [0, 0.05) is 17.1 Å². The summed E-state index contributed by atoms with van der Waals surface area (Å²) in [5.41, 5.74) is 0. The van der Waals surface area contributed by atoms with Gasteiger partial charge >= 0.3 is 15.4 Å². The molecule has 0 N–H and O–H groups in total. The molecule has 4 heteroatoms. The molecule has 0 atom stereocenters. The fraction of sp³-hybridized carbons (Fsp3) is 0. The molecule has 0 aromatic heterocycles. The number of hydrogen-bond donors (Lipinski definition) is 0. The second-order valence-corrected chi connectivity index (χ2v) is 0. The molecule has 0 aliphatic rings. The smallest absolute Gasteiger partial charge is 0.283 e. The third-order valence-electron chi connectivity index (χ3n) is 0. The predicted octanol–water partition coefficient (Wildman–Crippen LogP) is -1.15. The van der Waals surface area contributed by atoms with E-state index in [0.717, 1.165) is 0 Å². The van der Waals surface area contributed by atoms with Gasteiger partial charge < -0.3 is 0 Å². The third kappa shape index (κ3) is 9.59. The molecule has 0 aromatic rings. The summed E-state index contributed by atoms with van der Waals surface area (Å²) in [6.07, 6.45) is 0. The van der Waals surface area contributed by atoms with Crippen LogP contribution in [0.5, 0.6) is 0 Å². The van der Waals surface area contributed by atoms with Crippen molar-refractivity contribution in [3.63, 3.8) is 0 Å². The first-order valence-corrected chi connectivity index (χ1v) is 2.41. The Hall–Kier alpha value is 1.56. The molecule has 0 fully saturated rings. The fourth-order valence-electron chi connectivity index (χ4n) is 0. The predicted molar refractivity (Wildman–Crippen MR) is 22.9 cm³/mol. The average molecular weight is 150 g/mol. The van der Waals surface area contributed by atoms with Crippen LogP contribution in [0.1, 0.15) is 0 Å². The minimum absolute atomic E-state index is 0. The number of halogens is 1. The van der Waals surface area contributed by atoms with E-state index >= 15 is 0 Å². The molecule has 0 rings (SSSR count). The van der Waals surface area contributed by atoms with Crippen LogP contribution in [-0.4, -0.2) is 26.3 Å². The van der Waals surface area contributed by atoms with Crippen molar-refractivity contribution in [3.8, 4) is 0 Å². The summed E-state index contributed by atoms with van der Waals surface area (Å²) < 4.78 is 0. The van der Waals surface area contributed by atoms with E-state index in [1.807, 2.05) is 0 Å². The van der Waals surface area contributed by atoms with Gasteiger partial charge in [-0.2, -0.15) is 0 Å². The molecule has 0 amide bonds. The van der Waals surface area contributed by atoms with Crippen molar-refractivity contribution in [2.75, 3.05) is 0 Å². The monoisotopic (exact) mass is 150 g/mol. The van der Waals surface area contributed by atoms with Gasteiger partial charge in [0.2, 0.25) is 0 Å². The van der Waals surface area contributed by atoms with E-state index < -0.39 is 0 Å². The largest absolute Gasteiger partial charge is 0.329 e. The fourth-order valence-corrected chi connectivity index (χ4v) is 0. The SMILES string of the molecule is [AlH][Cl].[Fe].[SiH3]. The van der Waals surface area contributed by atoms with Gasteiger partial charge in [0.05, 0.1) is 0 Å². The summed E-state index contributed by atoms with van der Waals surface area (Å²) in [6.45, 7) is 0. The Bertz CT molecular complexity index is 8.00. The molecule has 0 saturated heterocycles. The molecular weight excluding hydrogens is 146 g/mol. The van der Waals surface area contributed by atoms with E-state index in [1.54, 1.807) is 0 Å². The van der Waals surface area contributed by atoms with E-state index in [0.29, 0.717) is 0 Å². The molecule has 2 radical (unpaired) electrons. The summed E-state index contributed by atoms with van der Waals surface area (Å²) in [6, 6.07) is 0. The molecule has 0 unspecified atom stereocenters. The molecule has 0 saturated carbocycles. The molecule has 0 aromatic carbocycles. The molecule has 26 valence electrons. The van der Waals surface area contributed by atoms with E-state index in [4.69, 9.17) is 0 Å². The molecule has 0 aliphatic carbocycles. The first-order chi connectivity index (χ1) is 1.00. The van der Waals surface area contributed by atoms with Crippen molar-refractivity contribution < 1.29 is 17.1 Å². The number of rotatable bonds is 0. The first-order valence-electron chi connectivity index (χ1n) is 0.267. The summed E-state index contributed by atoms with van der Waals surface area (Å²) in [5.74, 6) is 0. The van der Waals surface area contributed by atoms with Gasteiger partial charge in [0.1, 0.15) is 0 Å². The molecule has 0 nitrogen and oxygen atoms in total. The van der Waals surface area contributed by atoms with Crippen molar-refractivity contribution in [3.05, 3.63) is 0 Å². The third-order valence-corrected chi connectivity index (χ3v) is 0. The van der Waals surface area contributed by atoms with Crippen molar-refractivity contribution >= 4 is 36.4 Å². The van der Waals surface area contributed by atoms with Crippen LogP contribution in [0.25, 0.3) is 0 Å². The van der Waals surface area contributed by atoms with Crippen LogP contribution in [0.2, 0.25) is 0 Å². The van der Waals surface area contributed by atoms with Crippen LogP contribution in [0.4, 0.5) is 0 Å². The van der Waals surface area contributed by atoms with Crippen molar-refractivity contribution in [1.82, 2.24) is 0 Å². The summed E-state index contributed by atoms with van der Waals surface area (Å²) in [4.78, 5) is 0. The normalized spacial score (nSPS) is 1.25. The van der Waals surface area contributed by atoms with Crippen LogP contribution in [0, 0.1) is 0 Å². The summed E-state index contributed by atoms with van der Waals surface area (Å²) in [7, 11) is 4.67.